The van der Waals surface area contributed by atoms with E-state index in [0.29, 0.717) is 11.8 Å². The first-order valence-electron chi connectivity index (χ1n) is 5.77. The van der Waals surface area contributed by atoms with Crippen molar-refractivity contribution in [1.29, 1.82) is 0 Å². The zero-order valence-corrected chi connectivity index (χ0v) is 9.72. The number of aromatic nitrogens is 2. The van der Waals surface area contributed by atoms with Crippen molar-refractivity contribution in [2.75, 3.05) is 0 Å². The second-order valence-corrected chi connectivity index (χ2v) is 5.05. The summed E-state index contributed by atoms with van der Waals surface area (Å²) < 4.78 is 1.94. The molecule has 4 unspecified atom stereocenters. The van der Waals surface area contributed by atoms with Crippen LogP contribution in [-0.4, -0.2) is 21.0 Å². The molecule has 3 heteroatoms. The SMILES string of the molecule is Cc1ccn(C2C(C)CC(C)CC2O)n1. The number of rotatable bonds is 1. The van der Waals surface area contributed by atoms with Crippen LogP contribution < -0.4 is 0 Å². The fraction of sp³-hybridized carbons (Fsp3) is 0.750. The molecule has 1 aromatic heterocycles. The average molecular weight is 208 g/mol. The lowest BCUT2D eigenvalue weighted by Crippen LogP contribution is -2.36. The molecule has 4 atom stereocenters. The molecule has 84 valence electrons. The maximum absolute atomic E-state index is 10.1. The lowest BCUT2D eigenvalue weighted by Gasteiger charge is -2.36. The maximum Gasteiger partial charge on any atom is 0.0803 e. The van der Waals surface area contributed by atoms with Crippen molar-refractivity contribution >= 4 is 0 Å². The summed E-state index contributed by atoms with van der Waals surface area (Å²) in [6, 6.07) is 2.16. The molecule has 2 rings (SSSR count). The highest BCUT2D eigenvalue weighted by molar-refractivity contribution is 4.98. The molecule has 0 spiro atoms. The van der Waals surface area contributed by atoms with E-state index in [4.69, 9.17) is 0 Å². The molecule has 0 amide bonds. The maximum atomic E-state index is 10.1. The fourth-order valence-electron chi connectivity index (χ4n) is 2.84. The number of hydrogen-bond acceptors (Lipinski definition) is 2. The molecule has 3 nitrogen and oxygen atoms in total. The van der Waals surface area contributed by atoms with Crippen molar-refractivity contribution in [3.63, 3.8) is 0 Å². The third-order valence-electron chi connectivity index (χ3n) is 3.44. The van der Waals surface area contributed by atoms with Crippen molar-refractivity contribution in [3.05, 3.63) is 18.0 Å². The quantitative estimate of drug-likeness (QED) is 0.768. The predicted molar refractivity (Wildman–Crippen MR) is 59.6 cm³/mol. The molecule has 1 saturated carbocycles. The Labute approximate surface area is 91.1 Å². The summed E-state index contributed by atoms with van der Waals surface area (Å²) in [5.41, 5.74) is 1.02. The average Bonchev–Trinajstić information content (AvgIpc) is 2.49. The first-order valence-corrected chi connectivity index (χ1v) is 5.77. The van der Waals surface area contributed by atoms with E-state index in [2.05, 4.69) is 18.9 Å². The Morgan fingerprint density at radius 1 is 1.40 bits per heavy atom. The third kappa shape index (κ3) is 2.07. The Kier molecular flexibility index (Phi) is 2.83. The molecule has 15 heavy (non-hydrogen) atoms. The normalized spacial score (nSPS) is 36.8. The van der Waals surface area contributed by atoms with Crippen LogP contribution in [0.5, 0.6) is 0 Å². The Bertz CT molecular complexity index is 322. The van der Waals surface area contributed by atoms with Gasteiger partial charge in [0.2, 0.25) is 0 Å². The number of aryl methyl sites for hydroxylation is 1. The topological polar surface area (TPSA) is 38.0 Å². The summed E-state index contributed by atoms with van der Waals surface area (Å²) in [6.45, 7) is 6.41. The minimum Gasteiger partial charge on any atom is -0.391 e. The van der Waals surface area contributed by atoms with Crippen LogP contribution in [0.2, 0.25) is 0 Å². The van der Waals surface area contributed by atoms with Gasteiger partial charge in [0.05, 0.1) is 17.8 Å². The van der Waals surface area contributed by atoms with E-state index in [0.717, 1.165) is 12.1 Å². The van der Waals surface area contributed by atoms with E-state index in [1.54, 1.807) is 0 Å². The van der Waals surface area contributed by atoms with E-state index in [1.807, 2.05) is 23.9 Å². The van der Waals surface area contributed by atoms with Gasteiger partial charge in [-0.15, -0.1) is 0 Å². The molecular weight excluding hydrogens is 188 g/mol. The lowest BCUT2D eigenvalue weighted by atomic mass is 9.78. The van der Waals surface area contributed by atoms with Crippen LogP contribution in [-0.2, 0) is 0 Å². The van der Waals surface area contributed by atoms with Crippen molar-refractivity contribution in [2.45, 2.75) is 45.8 Å². The standard InChI is InChI=1S/C12H20N2O/c1-8-6-9(2)12(11(15)7-8)14-5-4-10(3)13-14/h4-5,8-9,11-12,15H,6-7H2,1-3H3. The molecule has 1 N–H and O–H groups in total. The molecule has 0 saturated heterocycles. The first kappa shape index (κ1) is 10.7. The van der Waals surface area contributed by atoms with E-state index < -0.39 is 0 Å². The summed E-state index contributed by atoms with van der Waals surface area (Å²) >= 11 is 0. The summed E-state index contributed by atoms with van der Waals surface area (Å²) in [7, 11) is 0. The van der Waals surface area contributed by atoms with Crippen LogP contribution >= 0.6 is 0 Å². The molecule has 1 heterocycles. The molecular formula is C12H20N2O. The van der Waals surface area contributed by atoms with Crippen LogP contribution in [0.15, 0.2) is 12.3 Å². The van der Waals surface area contributed by atoms with E-state index >= 15 is 0 Å². The number of nitrogens with zero attached hydrogens (tertiary/aromatic N) is 2. The van der Waals surface area contributed by atoms with E-state index in [1.165, 1.54) is 6.42 Å². The summed E-state index contributed by atoms with van der Waals surface area (Å²) in [6.07, 6.45) is 3.81. The van der Waals surface area contributed by atoms with Crippen molar-refractivity contribution in [1.82, 2.24) is 9.78 Å². The van der Waals surface area contributed by atoms with Gasteiger partial charge in [0.1, 0.15) is 0 Å². The molecule has 0 radical (unpaired) electrons. The minimum atomic E-state index is -0.247. The Morgan fingerprint density at radius 2 is 2.13 bits per heavy atom. The van der Waals surface area contributed by atoms with Crippen LogP contribution in [0.25, 0.3) is 0 Å². The zero-order valence-electron chi connectivity index (χ0n) is 9.72. The van der Waals surface area contributed by atoms with Crippen LogP contribution in [0.3, 0.4) is 0 Å². The van der Waals surface area contributed by atoms with Crippen LogP contribution in [0, 0.1) is 18.8 Å². The fourth-order valence-corrected chi connectivity index (χ4v) is 2.84. The predicted octanol–water partition coefficient (Wildman–Crippen LogP) is 2.16. The second kappa shape index (κ2) is 3.97. The molecule has 0 aromatic carbocycles. The van der Waals surface area contributed by atoms with E-state index in [9.17, 15) is 5.11 Å². The van der Waals surface area contributed by atoms with Gasteiger partial charge < -0.3 is 5.11 Å². The number of aliphatic hydroxyl groups is 1. The first-order chi connectivity index (χ1) is 7.08. The monoisotopic (exact) mass is 208 g/mol. The Morgan fingerprint density at radius 3 is 2.67 bits per heavy atom. The minimum absolute atomic E-state index is 0.162. The summed E-state index contributed by atoms with van der Waals surface area (Å²) in [4.78, 5) is 0. The highest BCUT2D eigenvalue weighted by Gasteiger charge is 2.34. The molecule has 0 aliphatic heterocycles. The zero-order chi connectivity index (χ0) is 11.0. The van der Waals surface area contributed by atoms with Crippen molar-refractivity contribution in [3.8, 4) is 0 Å². The lowest BCUT2D eigenvalue weighted by molar-refractivity contribution is 0.0177. The van der Waals surface area contributed by atoms with Gasteiger partial charge in [0, 0.05) is 6.20 Å². The van der Waals surface area contributed by atoms with Gasteiger partial charge in [0.25, 0.3) is 0 Å². The number of hydrogen-bond donors (Lipinski definition) is 1. The van der Waals surface area contributed by atoms with Gasteiger partial charge >= 0.3 is 0 Å². The highest BCUT2D eigenvalue weighted by atomic mass is 16.3. The molecule has 1 aliphatic rings. The van der Waals surface area contributed by atoms with Crippen LogP contribution in [0.1, 0.15) is 38.4 Å². The van der Waals surface area contributed by atoms with Gasteiger partial charge in [-0.25, -0.2) is 0 Å². The van der Waals surface area contributed by atoms with Gasteiger partial charge in [-0.05, 0) is 37.7 Å². The molecule has 1 aliphatic carbocycles. The van der Waals surface area contributed by atoms with Gasteiger partial charge in [-0.3, -0.25) is 4.68 Å². The van der Waals surface area contributed by atoms with Crippen molar-refractivity contribution < 1.29 is 5.11 Å². The third-order valence-corrected chi connectivity index (χ3v) is 3.44. The molecule has 0 bridgehead atoms. The smallest absolute Gasteiger partial charge is 0.0803 e. The highest BCUT2D eigenvalue weighted by Crippen LogP contribution is 2.36. The van der Waals surface area contributed by atoms with Gasteiger partial charge in [-0.2, -0.15) is 5.10 Å². The number of aliphatic hydroxyl groups excluding tert-OH is 1. The Balaban J connectivity index is 2.20. The molecule has 1 fully saturated rings. The van der Waals surface area contributed by atoms with E-state index in [-0.39, 0.29) is 12.1 Å². The van der Waals surface area contributed by atoms with Crippen molar-refractivity contribution in [2.24, 2.45) is 11.8 Å². The second-order valence-electron chi connectivity index (χ2n) is 5.05. The van der Waals surface area contributed by atoms with Gasteiger partial charge in [-0.1, -0.05) is 13.8 Å². The molecule has 1 aromatic rings. The summed E-state index contributed by atoms with van der Waals surface area (Å²) in [5, 5.41) is 14.5. The largest absolute Gasteiger partial charge is 0.391 e. The summed E-state index contributed by atoms with van der Waals surface area (Å²) in [5.74, 6) is 1.13. The van der Waals surface area contributed by atoms with Crippen LogP contribution in [0.4, 0.5) is 0 Å². The Hall–Kier alpha value is -0.830. The van der Waals surface area contributed by atoms with Gasteiger partial charge in [0.15, 0.2) is 0 Å².